The molecule has 0 aliphatic heterocycles. The third kappa shape index (κ3) is 9.09. The van der Waals surface area contributed by atoms with Gasteiger partial charge in [0.15, 0.2) is 9.03 Å². The van der Waals surface area contributed by atoms with E-state index in [4.69, 9.17) is 14.3 Å². The molecule has 0 spiro atoms. The van der Waals surface area contributed by atoms with E-state index >= 15 is 0 Å². The lowest BCUT2D eigenvalue weighted by atomic mass is 9.74. The van der Waals surface area contributed by atoms with E-state index in [9.17, 15) is 0 Å². The number of hydrogen-bond acceptors (Lipinski definition) is 3. The maximum Gasteiger partial charge on any atom is 0.155 e. The predicted octanol–water partition coefficient (Wildman–Crippen LogP) is 5.85. The van der Waals surface area contributed by atoms with Crippen molar-refractivity contribution in [3.05, 3.63) is 0 Å². The zero-order valence-corrected chi connectivity index (χ0v) is 15.9. The Labute approximate surface area is 139 Å². The van der Waals surface area contributed by atoms with Crippen molar-refractivity contribution in [1.82, 2.24) is 0 Å². The molecule has 1 unspecified atom stereocenters. The minimum absolute atomic E-state index is 0.0601. The fourth-order valence-electron chi connectivity index (χ4n) is 3.25. The van der Waals surface area contributed by atoms with E-state index in [1.54, 1.807) is 0 Å². The summed E-state index contributed by atoms with van der Waals surface area (Å²) in [5.74, 6) is 0.962. The fraction of sp³-hybridized carbons (Fsp3) is 0.944. The van der Waals surface area contributed by atoms with Crippen LogP contribution in [0.3, 0.4) is 0 Å². The van der Waals surface area contributed by atoms with Gasteiger partial charge in [-0.15, -0.1) is 0 Å². The molecule has 0 aromatic carbocycles. The van der Waals surface area contributed by atoms with Crippen LogP contribution < -0.4 is 0 Å². The second-order valence-electron chi connectivity index (χ2n) is 8.31. The molecule has 128 valence electrons. The number of hydrogen-bond donors (Lipinski definition) is 0. The first kappa shape index (κ1) is 19.9. The van der Waals surface area contributed by atoms with Gasteiger partial charge in [0.2, 0.25) is 0 Å². The van der Waals surface area contributed by atoms with Gasteiger partial charge in [-0.05, 0) is 36.0 Å². The standard InChI is InChI=1S/C18H34NO2P/c1-17(2,14-16-8-5-6-9-16)10-11-18(3,4)15-21-22-20-13-7-12-19/h16,22H,5-11,13-15H2,1-4H3. The van der Waals surface area contributed by atoms with Crippen molar-refractivity contribution < 1.29 is 9.05 Å². The molecule has 0 aromatic heterocycles. The number of nitriles is 1. The lowest BCUT2D eigenvalue weighted by molar-refractivity contribution is 0.136. The Morgan fingerprint density at radius 3 is 2.32 bits per heavy atom. The molecule has 0 N–H and O–H groups in total. The summed E-state index contributed by atoms with van der Waals surface area (Å²) in [6, 6.07) is 2.07. The summed E-state index contributed by atoms with van der Waals surface area (Å²) in [4.78, 5) is 0. The fourth-order valence-corrected chi connectivity index (χ4v) is 3.97. The van der Waals surface area contributed by atoms with Crippen LogP contribution in [0.25, 0.3) is 0 Å². The summed E-state index contributed by atoms with van der Waals surface area (Å²) in [5.41, 5.74) is 0.635. The Bertz CT molecular complexity index is 343. The Morgan fingerprint density at radius 2 is 1.68 bits per heavy atom. The largest absolute Gasteiger partial charge is 0.336 e. The topological polar surface area (TPSA) is 42.2 Å². The number of rotatable bonds is 11. The summed E-state index contributed by atoms with van der Waals surface area (Å²) in [7, 11) is 0.0601. The van der Waals surface area contributed by atoms with E-state index in [1.807, 2.05) is 0 Å². The van der Waals surface area contributed by atoms with Gasteiger partial charge in [0.1, 0.15) is 0 Å². The normalized spacial score (nSPS) is 17.4. The van der Waals surface area contributed by atoms with E-state index in [2.05, 4.69) is 33.8 Å². The van der Waals surface area contributed by atoms with Crippen LogP contribution in [-0.4, -0.2) is 13.2 Å². The highest BCUT2D eigenvalue weighted by atomic mass is 31.1. The average molecular weight is 327 g/mol. The van der Waals surface area contributed by atoms with E-state index < -0.39 is 0 Å². The molecule has 1 saturated carbocycles. The highest BCUT2D eigenvalue weighted by Crippen LogP contribution is 2.40. The smallest absolute Gasteiger partial charge is 0.155 e. The molecular weight excluding hydrogens is 293 g/mol. The van der Waals surface area contributed by atoms with E-state index in [-0.39, 0.29) is 14.4 Å². The van der Waals surface area contributed by atoms with Crippen LogP contribution in [0.4, 0.5) is 0 Å². The van der Waals surface area contributed by atoms with Crippen molar-refractivity contribution >= 4 is 9.03 Å². The third-order valence-electron chi connectivity index (χ3n) is 4.69. The first-order chi connectivity index (χ1) is 10.3. The van der Waals surface area contributed by atoms with Crippen LogP contribution in [0.1, 0.15) is 79.1 Å². The monoisotopic (exact) mass is 327 g/mol. The molecule has 0 aromatic rings. The van der Waals surface area contributed by atoms with Gasteiger partial charge in [0.05, 0.1) is 25.7 Å². The molecule has 0 saturated heterocycles. The van der Waals surface area contributed by atoms with Crippen LogP contribution in [0, 0.1) is 28.1 Å². The van der Waals surface area contributed by atoms with Crippen molar-refractivity contribution in [3.63, 3.8) is 0 Å². The van der Waals surface area contributed by atoms with Crippen LogP contribution in [-0.2, 0) is 9.05 Å². The quantitative estimate of drug-likeness (QED) is 0.353. The Balaban J connectivity index is 2.18. The van der Waals surface area contributed by atoms with Gasteiger partial charge >= 0.3 is 0 Å². The van der Waals surface area contributed by atoms with Crippen molar-refractivity contribution in [1.29, 1.82) is 5.26 Å². The maximum atomic E-state index is 8.43. The Kier molecular flexibility index (Phi) is 8.91. The minimum Gasteiger partial charge on any atom is -0.336 e. The van der Waals surface area contributed by atoms with Crippen LogP contribution in [0.5, 0.6) is 0 Å². The highest BCUT2D eigenvalue weighted by molar-refractivity contribution is 7.26. The molecule has 4 heteroatoms. The molecule has 0 heterocycles. The summed E-state index contributed by atoms with van der Waals surface area (Å²) in [5, 5.41) is 8.43. The molecule has 0 radical (unpaired) electrons. The summed E-state index contributed by atoms with van der Waals surface area (Å²) in [6.45, 7) is 10.6. The first-order valence-electron chi connectivity index (χ1n) is 8.70. The number of nitrogens with zero attached hydrogens (tertiary/aromatic N) is 1. The molecular formula is C18H34NO2P. The van der Waals surface area contributed by atoms with E-state index in [1.165, 1.54) is 44.9 Å². The van der Waals surface area contributed by atoms with Gasteiger partial charge in [-0.2, -0.15) is 5.26 Å². The SMILES string of the molecule is CC(C)(CCC(C)(C)CC1CCCC1)COPOCCC#N. The molecule has 22 heavy (non-hydrogen) atoms. The molecule has 0 amide bonds. The second kappa shape index (κ2) is 9.86. The van der Waals surface area contributed by atoms with Gasteiger partial charge in [-0.25, -0.2) is 0 Å². The zero-order chi connectivity index (χ0) is 16.5. The second-order valence-corrected chi connectivity index (χ2v) is 9.06. The molecule has 1 fully saturated rings. The van der Waals surface area contributed by atoms with Gasteiger partial charge < -0.3 is 9.05 Å². The summed E-state index contributed by atoms with van der Waals surface area (Å²) < 4.78 is 10.9. The van der Waals surface area contributed by atoms with Crippen LogP contribution in [0.2, 0.25) is 0 Å². The first-order valence-corrected chi connectivity index (χ1v) is 9.52. The lowest BCUT2D eigenvalue weighted by Crippen LogP contribution is -2.23. The van der Waals surface area contributed by atoms with Gasteiger partial charge in [-0.1, -0.05) is 53.4 Å². The zero-order valence-electron chi connectivity index (χ0n) is 14.9. The average Bonchev–Trinajstić information content (AvgIpc) is 2.93. The van der Waals surface area contributed by atoms with Crippen LogP contribution in [0.15, 0.2) is 0 Å². The van der Waals surface area contributed by atoms with E-state index in [0.717, 1.165) is 12.5 Å². The Hall–Kier alpha value is -0.160. The molecule has 3 nitrogen and oxygen atoms in total. The lowest BCUT2D eigenvalue weighted by Gasteiger charge is -2.32. The summed E-state index contributed by atoms with van der Waals surface area (Å²) in [6.07, 6.45) is 10.0. The van der Waals surface area contributed by atoms with Gasteiger partial charge in [0.25, 0.3) is 0 Å². The molecule has 1 aliphatic carbocycles. The minimum atomic E-state index is 0.0601. The van der Waals surface area contributed by atoms with E-state index in [0.29, 0.717) is 18.4 Å². The molecule has 0 bridgehead atoms. The summed E-state index contributed by atoms with van der Waals surface area (Å²) >= 11 is 0. The Morgan fingerprint density at radius 1 is 1.05 bits per heavy atom. The van der Waals surface area contributed by atoms with Crippen molar-refractivity contribution in [2.24, 2.45) is 16.7 Å². The molecule has 1 atom stereocenters. The molecule has 1 aliphatic rings. The maximum absolute atomic E-state index is 8.43. The van der Waals surface area contributed by atoms with Crippen molar-refractivity contribution in [2.75, 3.05) is 13.2 Å². The third-order valence-corrected chi connectivity index (χ3v) is 5.28. The van der Waals surface area contributed by atoms with Crippen molar-refractivity contribution in [3.8, 4) is 6.07 Å². The van der Waals surface area contributed by atoms with Gasteiger partial charge in [0, 0.05) is 0 Å². The van der Waals surface area contributed by atoms with Crippen molar-refractivity contribution in [2.45, 2.75) is 79.1 Å². The van der Waals surface area contributed by atoms with Gasteiger partial charge in [-0.3, -0.25) is 0 Å². The molecule has 1 rings (SSSR count). The predicted molar refractivity (Wildman–Crippen MR) is 93.8 cm³/mol. The van der Waals surface area contributed by atoms with Crippen LogP contribution >= 0.6 is 9.03 Å². The highest BCUT2D eigenvalue weighted by Gasteiger charge is 2.28.